The van der Waals surface area contributed by atoms with Crippen LogP contribution in [-0.2, 0) is 10.0 Å². The van der Waals surface area contributed by atoms with E-state index in [4.69, 9.17) is 4.42 Å². The third-order valence-electron chi connectivity index (χ3n) is 6.81. The molecule has 0 radical (unpaired) electrons. The molecular weight excluding hydrogens is 547 g/mol. The Morgan fingerprint density at radius 3 is 2.49 bits per heavy atom. The standard InChI is InChI=1S/C29H23FN6O4S/c1-31-29(37)27-22-11-21(18-10-19(14-33-13-18)23-16-36-9-8-32-15-26(36)34-23)24(35(2)41(3,38)39)12-25(22)40-28(27)17-4-6-20(30)7-5-17/h4-16H,1-3H3,(H,31,37). The van der Waals surface area contributed by atoms with Crippen molar-refractivity contribution in [1.29, 1.82) is 0 Å². The maximum Gasteiger partial charge on any atom is 0.255 e. The molecule has 6 aromatic rings. The van der Waals surface area contributed by atoms with Crippen LogP contribution in [0.2, 0.25) is 0 Å². The van der Waals surface area contributed by atoms with Gasteiger partial charge in [0.2, 0.25) is 10.0 Å². The fourth-order valence-electron chi connectivity index (χ4n) is 4.67. The van der Waals surface area contributed by atoms with Crippen molar-refractivity contribution in [1.82, 2.24) is 24.7 Å². The molecule has 1 amide bonds. The van der Waals surface area contributed by atoms with E-state index in [1.54, 1.807) is 43.1 Å². The van der Waals surface area contributed by atoms with E-state index in [0.29, 0.717) is 44.7 Å². The van der Waals surface area contributed by atoms with Crippen molar-refractivity contribution in [2.45, 2.75) is 0 Å². The molecule has 0 aliphatic heterocycles. The Bertz CT molecular complexity index is 2040. The number of nitrogens with one attached hydrogen (secondary N) is 1. The largest absolute Gasteiger partial charge is 0.455 e. The number of nitrogens with zero attached hydrogens (tertiary/aromatic N) is 5. The molecule has 0 fully saturated rings. The minimum Gasteiger partial charge on any atom is -0.455 e. The predicted octanol–water partition coefficient (Wildman–Crippen LogP) is 4.77. The Morgan fingerprint density at radius 1 is 1.02 bits per heavy atom. The first-order valence-electron chi connectivity index (χ1n) is 12.4. The first-order chi connectivity index (χ1) is 19.6. The van der Waals surface area contributed by atoms with Gasteiger partial charge < -0.3 is 14.1 Å². The third-order valence-corrected chi connectivity index (χ3v) is 8.00. The van der Waals surface area contributed by atoms with E-state index in [9.17, 15) is 17.6 Å². The molecule has 0 aliphatic rings. The molecule has 0 aliphatic carbocycles. The minimum absolute atomic E-state index is 0.231. The summed E-state index contributed by atoms with van der Waals surface area (Å²) in [5.41, 5.74) is 4.44. The summed E-state index contributed by atoms with van der Waals surface area (Å²) in [6, 6.07) is 10.7. The molecule has 2 aromatic carbocycles. The number of hydrogen-bond donors (Lipinski definition) is 1. The van der Waals surface area contributed by atoms with Gasteiger partial charge in [0, 0.05) is 78.8 Å². The number of sulfonamides is 1. The summed E-state index contributed by atoms with van der Waals surface area (Å²) in [6.45, 7) is 0. The summed E-state index contributed by atoms with van der Waals surface area (Å²) in [7, 11) is -0.748. The van der Waals surface area contributed by atoms with Crippen molar-refractivity contribution in [2.24, 2.45) is 0 Å². The van der Waals surface area contributed by atoms with Gasteiger partial charge in [0.1, 0.15) is 17.2 Å². The van der Waals surface area contributed by atoms with Crippen molar-refractivity contribution >= 4 is 38.2 Å². The van der Waals surface area contributed by atoms with Crippen LogP contribution in [0.4, 0.5) is 10.1 Å². The zero-order valence-electron chi connectivity index (χ0n) is 22.2. The second-order valence-electron chi connectivity index (χ2n) is 9.42. The van der Waals surface area contributed by atoms with Gasteiger partial charge in [-0.05, 0) is 36.4 Å². The van der Waals surface area contributed by atoms with Gasteiger partial charge in [-0.1, -0.05) is 0 Å². The quantitative estimate of drug-likeness (QED) is 0.306. The molecule has 41 heavy (non-hydrogen) atoms. The van der Waals surface area contributed by atoms with Crippen LogP contribution < -0.4 is 9.62 Å². The van der Waals surface area contributed by atoms with Gasteiger partial charge in [0.15, 0.2) is 5.65 Å². The maximum absolute atomic E-state index is 13.7. The van der Waals surface area contributed by atoms with Gasteiger partial charge in [-0.3, -0.25) is 19.1 Å². The molecule has 206 valence electrons. The molecule has 6 rings (SSSR count). The lowest BCUT2D eigenvalue weighted by Gasteiger charge is -2.20. The second-order valence-corrected chi connectivity index (χ2v) is 11.4. The zero-order chi connectivity index (χ0) is 28.9. The normalized spacial score (nSPS) is 11.7. The van der Waals surface area contributed by atoms with E-state index in [1.165, 1.54) is 38.4 Å². The topological polar surface area (TPSA) is 123 Å². The smallest absolute Gasteiger partial charge is 0.255 e. The number of carbonyl (C=O) groups is 1. The lowest BCUT2D eigenvalue weighted by atomic mass is 9.98. The molecule has 12 heteroatoms. The minimum atomic E-state index is -3.69. The zero-order valence-corrected chi connectivity index (χ0v) is 23.0. The van der Waals surface area contributed by atoms with Crippen LogP contribution in [0.3, 0.4) is 0 Å². The monoisotopic (exact) mass is 570 g/mol. The van der Waals surface area contributed by atoms with Gasteiger partial charge in [-0.25, -0.2) is 17.8 Å². The van der Waals surface area contributed by atoms with Crippen molar-refractivity contribution in [3.05, 3.63) is 91.0 Å². The fraction of sp³-hybridized carbons (Fsp3) is 0.103. The Labute approximate surface area is 234 Å². The van der Waals surface area contributed by atoms with Crippen LogP contribution in [0.25, 0.3) is 50.3 Å². The van der Waals surface area contributed by atoms with Crippen molar-refractivity contribution < 1.29 is 22.0 Å². The number of benzene rings is 2. The SMILES string of the molecule is CNC(=O)c1c(-c2ccc(F)cc2)oc2cc(N(C)S(C)(=O)=O)c(-c3cncc(-c4cn5ccncc5n4)c3)cc12. The highest BCUT2D eigenvalue weighted by molar-refractivity contribution is 7.92. The van der Waals surface area contributed by atoms with Gasteiger partial charge in [-0.15, -0.1) is 0 Å². The van der Waals surface area contributed by atoms with E-state index in [-0.39, 0.29) is 16.9 Å². The fourth-order valence-corrected chi connectivity index (χ4v) is 5.18. The van der Waals surface area contributed by atoms with E-state index < -0.39 is 21.7 Å². The number of halogens is 1. The van der Waals surface area contributed by atoms with Crippen molar-refractivity contribution in [2.75, 3.05) is 24.7 Å². The first-order valence-corrected chi connectivity index (χ1v) is 14.3. The van der Waals surface area contributed by atoms with Crippen molar-refractivity contribution in [3.63, 3.8) is 0 Å². The average Bonchev–Trinajstić information content (AvgIpc) is 3.57. The van der Waals surface area contributed by atoms with Crippen molar-refractivity contribution in [3.8, 4) is 33.7 Å². The predicted molar refractivity (Wildman–Crippen MR) is 153 cm³/mol. The van der Waals surface area contributed by atoms with Gasteiger partial charge in [-0.2, -0.15) is 0 Å². The molecule has 4 heterocycles. The molecular formula is C29H23FN6O4S. The van der Waals surface area contributed by atoms with E-state index in [2.05, 4.69) is 20.3 Å². The summed E-state index contributed by atoms with van der Waals surface area (Å²) < 4.78 is 48.1. The van der Waals surface area contributed by atoms with E-state index in [1.807, 2.05) is 16.7 Å². The molecule has 0 unspecified atom stereocenters. The number of fused-ring (bicyclic) bond motifs is 2. The van der Waals surface area contributed by atoms with E-state index >= 15 is 0 Å². The number of amides is 1. The maximum atomic E-state index is 13.7. The number of anilines is 1. The Hall–Kier alpha value is -5.10. The number of aromatic nitrogens is 4. The summed E-state index contributed by atoms with van der Waals surface area (Å²) >= 11 is 0. The number of hydrogen-bond acceptors (Lipinski definition) is 7. The summed E-state index contributed by atoms with van der Waals surface area (Å²) in [6.07, 6.45) is 11.3. The van der Waals surface area contributed by atoms with Crippen LogP contribution in [0.15, 0.2) is 84.1 Å². The molecule has 0 atom stereocenters. The van der Waals surface area contributed by atoms with Gasteiger partial charge in [0.05, 0.1) is 29.4 Å². The number of furan rings is 1. The molecule has 0 saturated heterocycles. The molecule has 0 spiro atoms. The number of carbonyl (C=O) groups excluding carboxylic acids is 1. The highest BCUT2D eigenvalue weighted by Gasteiger charge is 2.26. The first kappa shape index (κ1) is 26.1. The Balaban J connectivity index is 1.61. The molecule has 4 aromatic heterocycles. The Morgan fingerprint density at radius 2 is 1.78 bits per heavy atom. The molecule has 10 nitrogen and oxygen atoms in total. The summed E-state index contributed by atoms with van der Waals surface area (Å²) in [4.78, 5) is 26.3. The van der Waals surface area contributed by atoms with Gasteiger partial charge in [0.25, 0.3) is 5.91 Å². The second kappa shape index (κ2) is 9.82. The van der Waals surface area contributed by atoms with Crippen LogP contribution >= 0.6 is 0 Å². The number of rotatable bonds is 6. The molecule has 0 saturated carbocycles. The highest BCUT2D eigenvalue weighted by atomic mass is 32.2. The third kappa shape index (κ3) is 4.67. The van der Waals surface area contributed by atoms with E-state index in [0.717, 1.165) is 10.6 Å². The average molecular weight is 571 g/mol. The summed E-state index contributed by atoms with van der Waals surface area (Å²) in [5.74, 6) is -0.613. The number of pyridine rings is 1. The van der Waals surface area contributed by atoms with Crippen LogP contribution in [-0.4, -0.2) is 54.0 Å². The Kier molecular flexibility index (Phi) is 6.26. The van der Waals surface area contributed by atoms with Crippen LogP contribution in [0, 0.1) is 5.82 Å². The van der Waals surface area contributed by atoms with Crippen LogP contribution in [0.5, 0.6) is 0 Å². The highest BCUT2D eigenvalue weighted by Crippen LogP contribution is 2.41. The lowest BCUT2D eigenvalue weighted by Crippen LogP contribution is -2.25. The molecule has 1 N–H and O–H groups in total. The lowest BCUT2D eigenvalue weighted by molar-refractivity contribution is 0.0964. The number of imidazole rings is 1. The molecule has 0 bridgehead atoms. The summed E-state index contributed by atoms with van der Waals surface area (Å²) in [5, 5.41) is 3.09. The van der Waals surface area contributed by atoms with Crippen LogP contribution in [0.1, 0.15) is 10.4 Å². The van der Waals surface area contributed by atoms with Gasteiger partial charge >= 0.3 is 0 Å².